The molecular weight excluding hydrogens is 318 g/mol. The van der Waals surface area contributed by atoms with Gasteiger partial charge in [0.15, 0.2) is 4.67 Å². The van der Waals surface area contributed by atoms with Gasteiger partial charge in [-0.3, -0.25) is 9.80 Å². The van der Waals surface area contributed by atoms with Crippen LogP contribution >= 0.6 is 15.9 Å². The highest BCUT2D eigenvalue weighted by Gasteiger charge is 2.30. The summed E-state index contributed by atoms with van der Waals surface area (Å²) in [5.74, 6) is 0.980. The third-order valence-electron chi connectivity index (χ3n) is 4.78. The highest BCUT2D eigenvalue weighted by Crippen LogP contribution is 2.28. The maximum Gasteiger partial charge on any atom is 0.169 e. The predicted molar refractivity (Wildman–Crippen MR) is 83.6 cm³/mol. The number of nitrogens with zero attached hydrogens (tertiary/aromatic N) is 2. The van der Waals surface area contributed by atoms with Crippen molar-refractivity contribution in [3.05, 3.63) is 22.6 Å². The van der Waals surface area contributed by atoms with E-state index in [-0.39, 0.29) is 6.04 Å². The third-order valence-corrected chi connectivity index (χ3v) is 5.20. The topological polar surface area (TPSA) is 45.6 Å². The van der Waals surface area contributed by atoms with E-state index in [0.717, 1.165) is 29.6 Å². The van der Waals surface area contributed by atoms with Gasteiger partial charge < -0.3 is 10.2 Å². The summed E-state index contributed by atoms with van der Waals surface area (Å²) >= 11 is 3.37. The number of nitrogens with two attached hydrogens (primary N) is 1. The molecule has 3 rings (SSSR count). The van der Waals surface area contributed by atoms with Gasteiger partial charge in [0.1, 0.15) is 5.76 Å². The summed E-state index contributed by atoms with van der Waals surface area (Å²) in [5.41, 5.74) is 5.97. The minimum Gasteiger partial charge on any atom is -0.453 e. The van der Waals surface area contributed by atoms with E-state index in [1.54, 1.807) is 0 Å². The first kappa shape index (κ1) is 14.6. The Labute approximate surface area is 129 Å². The van der Waals surface area contributed by atoms with Crippen LogP contribution in [0.2, 0.25) is 0 Å². The fraction of sp³-hybridized carbons (Fsp3) is 0.733. The molecule has 1 saturated carbocycles. The number of hydrogen-bond donors (Lipinski definition) is 1. The van der Waals surface area contributed by atoms with Crippen molar-refractivity contribution in [2.45, 2.75) is 37.8 Å². The zero-order chi connectivity index (χ0) is 13.9. The fourth-order valence-corrected chi connectivity index (χ4v) is 3.96. The molecule has 1 aromatic heterocycles. The number of halogens is 1. The van der Waals surface area contributed by atoms with Gasteiger partial charge in [-0.05, 0) is 40.9 Å². The van der Waals surface area contributed by atoms with Gasteiger partial charge in [-0.1, -0.05) is 12.8 Å². The van der Waals surface area contributed by atoms with E-state index in [1.165, 1.54) is 38.8 Å². The molecule has 0 amide bonds. The summed E-state index contributed by atoms with van der Waals surface area (Å²) < 4.78 is 6.49. The van der Waals surface area contributed by atoms with Crippen molar-refractivity contribution in [1.29, 1.82) is 0 Å². The maximum atomic E-state index is 5.97. The lowest BCUT2D eigenvalue weighted by Crippen LogP contribution is -2.51. The van der Waals surface area contributed by atoms with Crippen molar-refractivity contribution in [3.8, 4) is 0 Å². The molecule has 2 N–H and O–H groups in total. The first-order chi connectivity index (χ1) is 9.78. The quantitative estimate of drug-likeness (QED) is 0.914. The van der Waals surface area contributed by atoms with Crippen molar-refractivity contribution in [2.24, 2.45) is 5.73 Å². The van der Waals surface area contributed by atoms with Crippen LogP contribution in [0.15, 0.2) is 21.2 Å². The molecule has 112 valence electrons. The Hall–Kier alpha value is -0.360. The second-order valence-corrected chi connectivity index (χ2v) is 6.69. The van der Waals surface area contributed by atoms with Crippen LogP contribution in [0.4, 0.5) is 0 Å². The van der Waals surface area contributed by atoms with Gasteiger partial charge in [0.25, 0.3) is 0 Å². The van der Waals surface area contributed by atoms with Gasteiger partial charge >= 0.3 is 0 Å². The molecule has 0 bridgehead atoms. The largest absolute Gasteiger partial charge is 0.453 e. The van der Waals surface area contributed by atoms with E-state index in [1.807, 2.05) is 12.1 Å². The Kier molecular flexibility index (Phi) is 4.81. The average molecular weight is 342 g/mol. The minimum absolute atomic E-state index is 0.215. The number of rotatable bonds is 4. The second-order valence-electron chi connectivity index (χ2n) is 5.90. The van der Waals surface area contributed by atoms with Crippen LogP contribution in [0.3, 0.4) is 0 Å². The number of furan rings is 1. The molecule has 20 heavy (non-hydrogen) atoms. The van der Waals surface area contributed by atoms with Crippen molar-refractivity contribution in [1.82, 2.24) is 9.80 Å². The third kappa shape index (κ3) is 3.11. The molecule has 5 heteroatoms. The Bertz CT molecular complexity index is 423. The number of hydrogen-bond acceptors (Lipinski definition) is 4. The van der Waals surface area contributed by atoms with E-state index in [0.29, 0.717) is 6.54 Å². The SMILES string of the molecule is NCC(c1ccc(Br)o1)N1CCN(C2CCCC2)CC1. The van der Waals surface area contributed by atoms with E-state index in [9.17, 15) is 0 Å². The van der Waals surface area contributed by atoms with Gasteiger partial charge in [-0.25, -0.2) is 0 Å². The average Bonchev–Trinajstić information content (AvgIpc) is 3.12. The maximum absolute atomic E-state index is 5.97. The van der Waals surface area contributed by atoms with Crippen LogP contribution in [0, 0.1) is 0 Å². The van der Waals surface area contributed by atoms with Crippen molar-refractivity contribution in [3.63, 3.8) is 0 Å². The molecule has 4 nitrogen and oxygen atoms in total. The van der Waals surface area contributed by atoms with Crippen LogP contribution in [0.25, 0.3) is 0 Å². The first-order valence-electron chi connectivity index (χ1n) is 7.71. The molecule has 2 aliphatic rings. The standard InChI is InChI=1S/C15H24BrN3O/c16-15-6-5-14(20-15)13(11-17)19-9-7-18(8-10-19)12-3-1-2-4-12/h5-6,12-13H,1-4,7-11,17H2. The molecule has 1 aromatic rings. The van der Waals surface area contributed by atoms with E-state index >= 15 is 0 Å². The highest BCUT2D eigenvalue weighted by atomic mass is 79.9. The predicted octanol–water partition coefficient (Wildman–Crippen LogP) is 2.60. The molecule has 0 aromatic carbocycles. The van der Waals surface area contributed by atoms with Gasteiger partial charge in [0.2, 0.25) is 0 Å². The van der Waals surface area contributed by atoms with E-state index in [4.69, 9.17) is 10.2 Å². The Balaban J connectivity index is 1.58. The van der Waals surface area contributed by atoms with Crippen molar-refractivity contribution >= 4 is 15.9 Å². The summed E-state index contributed by atoms with van der Waals surface area (Å²) in [7, 11) is 0. The summed E-state index contributed by atoms with van der Waals surface area (Å²) in [5, 5.41) is 0. The van der Waals surface area contributed by atoms with Gasteiger partial charge in [-0.15, -0.1) is 0 Å². The lowest BCUT2D eigenvalue weighted by atomic mass is 10.1. The minimum atomic E-state index is 0.215. The highest BCUT2D eigenvalue weighted by molar-refractivity contribution is 9.10. The van der Waals surface area contributed by atoms with Gasteiger partial charge in [0, 0.05) is 38.8 Å². The van der Waals surface area contributed by atoms with Crippen LogP contribution < -0.4 is 5.73 Å². The monoisotopic (exact) mass is 341 g/mol. The lowest BCUT2D eigenvalue weighted by Gasteiger charge is -2.40. The van der Waals surface area contributed by atoms with Gasteiger partial charge in [-0.2, -0.15) is 0 Å². The molecule has 1 aliphatic carbocycles. The fourth-order valence-electron chi connectivity index (χ4n) is 3.64. The van der Waals surface area contributed by atoms with E-state index in [2.05, 4.69) is 25.7 Å². The first-order valence-corrected chi connectivity index (χ1v) is 8.50. The molecule has 2 heterocycles. The zero-order valence-corrected chi connectivity index (χ0v) is 13.5. The summed E-state index contributed by atoms with van der Waals surface area (Å²) in [6, 6.07) is 5.04. The normalized spacial score (nSPS) is 24.3. The summed E-state index contributed by atoms with van der Waals surface area (Å²) in [4.78, 5) is 5.14. The molecule has 2 fully saturated rings. The number of piperazine rings is 1. The Morgan fingerprint density at radius 2 is 1.90 bits per heavy atom. The molecule has 0 radical (unpaired) electrons. The van der Waals surface area contributed by atoms with Crippen LogP contribution in [0.1, 0.15) is 37.5 Å². The Morgan fingerprint density at radius 3 is 2.45 bits per heavy atom. The van der Waals surface area contributed by atoms with Gasteiger partial charge in [0.05, 0.1) is 6.04 Å². The van der Waals surface area contributed by atoms with E-state index < -0.39 is 0 Å². The van der Waals surface area contributed by atoms with Crippen molar-refractivity contribution < 1.29 is 4.42 Å². The molecule has 0 spiro atoms. The lowest BCUT2D eigenvalue weighted by molar-refractivity contribution is 0.0654. The molecule has 1 unspecified atom stereocenters. The van der Waals surface area contributed by atoms with Crippen LogP contribution in [-0.2, 0) is 0 Å². The summed E-state index contributed by atoms with van der Waals surface area (Å²) in [6.45, 7) is 5.14. The Morgan fingerprint density at radius 1 is 1.20 bits per heavy atom. The molecule has 1 saturated heterocycles. The summed E-state index contributed by atoms with van der Waals surface area (Å²) in [6.07, 6.45) is 5.62. The molecule has 1 aliphatic heterocycles. The molecular formula is C15H24BrN3O. The smallest absolute Gasteiger partial charge is 0.169 e. The van der Waals surface area contributed by atoms with Crippen LogP contribution in [0.5, 0.6) is 0 Å². The molecule has 1 atom stereocenters. The van der Waals surface area contributed by atoms with Crippen molar-refractivity contribution in [2.75, 3.05) is 32.7 Å². The zero-order valence-electron chi connectivity index (χ0n) is 11.9. The van der Waals surface area contributed by atoms with Crippen LogP contribution in [-0.4, -0.2) is 48.6 Å². The second kappa shape index (κ2) is 6.60.